The average molecular weight is 270 g/mol. The largest absolute Gasteiger partial charge is 0.481 e. The normalized spacial score (nSPS) is 17.9. The van der Waals surface area contributed by atoms with Crippen LogP contribution in [0, 0.1) is 5.41 Å². The Bertz CT molecular complexity index is 299. The first kappa shape index (κ1) is 16.0. The molecule has 1 aliphatic carbocycles. The number of hydrogen-bond acceptors (Lipinski definition) is 3. The van der Waals surface area contributed by atoms with Gasteiger partial charge in [0.1, 0.15) is 0 Å². The predicted octanol–water partition coefficient (Wildman–Crippen LogP) is 1.53. The van der Waals surface area contributed by atoms with Crippen LogP contribution in [0.4, 0.5) is 0 Å². The Morgan fingerprint density at radius 1 is 1.21 bits per heavy atom. The number of nitrogens with one attached hydrogen (secondary N) is 2. The summed E-state index contributed by atoms with van der Waals surface area (Å²) in [5.41, 5.74) is -0.219. The molecule has 1 fully saturated rings. The van der Waals surface area contributed by atoms with E-state index in [4.69, 9.17) is 5.11 Å². The van der Waals surface area contributed by atoms with Gasteiger partial charge < -0.3 is 15.7 Å². The van der Waals surface area contributed by atoms with Gasteiger partial charge in [-0.1, -0.05) is 19.3 Å². The fraction of sp³-hybridized carbons (Fsp3) is 0.857. The minimum atomic E-state index is -0.758. The minimum Gasteiger partial charge on any atom is -0.481 e. The van der Waals surface area contributed by atoms with Gasteiger partial charge in [-0.2, -0.15) is 0 Å². The maximum Gasteiger partial charge on any atom is 0.303 e. The molecule has 0 aromatic carbocycles. The van der Waals surface area contributed by atoms with Gasteiger partial charge in [0.2, 0.25) is 5.91 Å². The summed E-state index contributed by atoms with van der Waals surface area (Å²) in [6.45, 7) is 1.34. The first-order valence-electron chi connectivity index (χ1n) is 7.21. The van der Waals surface area contributed by atoms with Gasteiger partial charge in [0.05, 0.1) is 6.42 Å². The molecule has 1 saturated carbocycles. The lowest BCUT2D eigenvalue weighted by Gasteiger charge is -2.36. The molecule has 0 saturated heterocycles. The summed E-state index contributed by atoms with van der Waals surface area (Å²) >= 11 is 0. The van der Waals surface area contributed by atoms with E-state index in [0.717, 1.165) is 38.6 Å². The molecule has 0 bridgehead atoms. The molecule has 1 rings (SSSR count). The van der Waals surface area contributed by atoms with Gasteiger partial charge in [-0.3, -0.25) is 9.59 Å². The SMILES string of the molecule is CNCCCC(=O)NCC1(CC(=O)O)CCCCC1. The highest BCUT2D eigenvalue weighted by molar-refractivity contribution is 5.76. The maximum absolute atomic E-state index is 11.7. The molecule has 0 aliphatic heterocycles. The molecule has 0 unspecified atom stereocenters. The van der Waals surface area contributed by atoms with Crippen LogP contribution in [0.2, 0.25) is 0 Å². The number of carbonyl (C=O) groups excluding carboxylic acids is 1. The van der Waals surface area contributed by atoms with E-state index in [-0.39, 0.29) is 17.7 Å². The average Bonchev–Trinajstić information content (AvgIpc) is 2.37. The number of carbonyl (C=O) groups is 2. The van der Waals surface area contributed by atoms with Crippen LogP contribution in [0.5, 0.6) is 0 Å². The van der Waals surface area contributed by atoms with Crippen LogP contribution in [0.25, 0.3) is 0 Å². The molecule has 0 radical (unpaired) electrons. The molecule has 3 N–H and O–H groups in total. The van der Waals surface area contributed by atoms with E-state index in [1.807, 2.05) is 7.05 Å². The zero-order valence-electron chi connectivity index (χ0n) is 11.8. The van der Waals surface area contributed by atoms with Crippen molar-refractivity contribution in [2.75, 3.05) is 20.1 Å². The molecule has 1 amide bonds. The standard InChI is InChI=1S/C14H26N2O3/c1-15-9-5-6-12(17)16-11-14(10-13(18)19)7-3-2-4-8-14/h15H,2-11H2,1H3,(H,16,17)(H,18,19). The fourth-order valence-corrected chi connectivity index (χ4v) is 2.84. The van der Waals surface area contributed by atoms with E-state index in [2.05, 4.69) is 10.6 Å². The van der Waals surface area contributed by atoms with E-state index in [1.54, 1.807) is 0 Å². The van der Waals surface area contributed by atoms with Crippen molar-refractivity contribution >= 4 is 11.9 Å². The minimum absolute atomic E-state index is 0.0330. The number of rotatable bonds is 8. The van der Waals surface area contributed by atoms with Gasteiger partial charge in [0, 0.05) is 13.0 Å². The van der Waals surface area contributed by atoms with Gasteiger partial charge in [-0.15, -0.1) is 0 Å². The highest BCUT2D eigenvalue weighted by atomic mass is 16.4. The third-order valence-electron chi connectivity index (χ3n) is 3.93. The summed E-state index contributed by atoms with van der Waals surface area (Å²) < 4.78 is 0. The van der Waals surface area contributed by atoms with Gasteiger partial charge in [-0.25, -0.2) is 0 Å². The Morgan fingerprint density at radius 3 is 2.47 bits per heavy atom. The van der Waals surface area contributed by atoms with Crippen LogP contribution in [0.1, 0.15) is 51.4 Å². The molecule has 19 heavy (non-hydrogen) atoms. The third kappa shape index (κ3) is 6.05. The summed E-state index contributed by atoms with van der Waals surface area (Å²) in [6.07, 6.45) is 6.64. The lowest BCUT2D eigenvalue weighted by Crippen LogP contribution is -2.40. The summed E-state index contributed by atoms with van der Waals surface area (Å²) in [5.74, 6) is -0.725. The molecule has 5 nitrogen and oxygen atoms in total. The molecule has 0 spiro atoms. The van der Waals surface area contributed by atoms with Gasteiger partial charge >= 0.3 is 5.97 Å². The van der Waals surface area contributed by atoms with Crippen LogP contribution in [-0.4, -0.2) is 37.1 Å². The van der Waals surface area contributed by atoms with Crippen LogP contribution in [0.3, 0.4) is 0 Å². The van der Waals surface area contributed by atoms with E-state index in [9.17, 15) is 9.59 Å². The van der Waals surface area contributed by atoms with Gasteiger partial charge in [-0.05, 0) is 38.3 Å². The maximum atomic E-state index is 11.7. The second kappa shape index (κ2) is 8.15. The summed E-state index contributed by atoms with van der Waals surface area (Å²) in [6, 6.07) is 0. The van der Waals surface area contributed by atoms with Crippen molar-refractivity contribution in [3.63, 3.8) is 0 Å². The molecular formula is C14H26N2O3. The lowest BCUT2D eigenvalue weighted by molar-refractivity contribution is -0.140. The molecule has 110 valence electrons. The van der Waals surface area contributed by atoms with Crippen molar-refractivity contribution in [1.82, 2.24) is 10.6 Å². The van der Waals surface area contributed by atoms with Crippen LogP contribution in [0.15, 0.2) is 0 Å². The highest BCUT2D eigenvalue weighted by Gasteiger charge is 2.34. The van der Waals surface area contributed by atoms with Crippen LogP contribution >= 0.6 is 0 Å². The van der Waals surface area contributed by atoms with E-state index in [0.29, 0.717) is 13.0 Å². The second-order valence-corrected chi connectivity index (χ2v) is 5.62. The van der Waals surface area contributed by atoms with E-state index >= 15 is 0 Å². The molecular weight excluding hydrogens is 244 g/mol. The highest BCUT2D eigenvalue weighted by Crippen LogP contribution is 2.38. The molecule has 5 heteroatoms. The Hall–Kier alpha value is -1.10. The second-order valence-electron chi connectivity index (χ2n) is 5.62. The third-order valence-corrected chi connectivity index (χ3v) is 3.93. The predicted molar refractivity (Wildman–Crippen MR) is 73.9 cm³/mol. The Morgan fingerprint density at radius 2 is 1.89 bits per heavy atom. The number of hydrogen-bond donors (Lipinski definition) is 3. The van der Waals surface area contributed by atoms with Crippen LogP contribution in [-0.2, 0) is 9.59 Å². The van der Waals surface area contributed by atoms with E-state index in [1.165, 1.54) is 6.42 Å². The fourth-order valence-electron chi connectivity index (χ4n) is 2.84. The number of amides is 1. The quantitative estimate of drug-likeness (QED) is 0.584. The smallest absolute Gasteiger partial charge is 0.303 e. The molecule has 1 aliphatic rings. The summed E-state index contributed by atoms with van der Waals surface area (Å²) in [7, 11) is 1.86. The molecule has 0 atom stereocenters. The summed E-state index contributed by atoms with van der Waals surface area (Å²) in [5, 5.41) is 15.0. The summed E-state index contributed by atoms with van der Waals surface area (Å²) in [4.78, 5) is 22.7. The molecule has 0 aromatic rings. The van der Waals surface area contributed by atoms with Gasteiger partial charge in [0.15, 0.2) is 0 Å². The first-order valence-corrected chi connectivity index (χ1v) is 7.21. The van der Waals surface area contributed by atoms with E-state index < -0.39 is 5.97 Å². The Balaban J connectivity index is 2.40. The molecule has 0 heterocycles. The number of carboxylic acids is 1. The van der Waals surface area contributed by atoms with Crippen molar-refractivity contribution in [3.05, 3.63) is 0 Å². The van der Waals surface area contributed by atoms with Gasteiger partial charge in [0.25, 0.3) is 0 Å². The number of aliphatic carboxylic acids is 1. The zero-order chi connectivity index (χ0) is 14.1. The van der Waals surface area contributed by atoms with Crippen molar-refractivity contribution < 1.29 is 14.7 Å². The first-order chi connectivity index (χ1) is 9.08. The van der Waals surface area contributed by atoms with Crippen molar-refractivity contribution in [1.29, 1.82) is 0 Å². The topological polar surface area (TPSA) is 78.4 Å². The monoisotopic (exact) mass is 270 g/mol. The van der Waals surface area contributed by atoms with Crippen LogP contribution < -0.4 is 10.6 Å². The molecule has 0 aromatic heterocycles. The number of carboxylic acid groups (broad SMARTS) is 1. The van der Waals surface area contributed by atoms with Crippen molar-refractivity contribution in [2.45, 2.75) is 51.4 Å². The Labute approximate surface area is 115 Å². The zero-order valence-corrected chi connectivity index (χ0v) is 11.8. The lowest BCUT2D eigenvalue weighted by atomic mass is 9.71. The van der Waals surface area contributed by atoms with Crippen molar-refractivity contribution in [3.8, 4) is 0 Å². The Kier molecular flexibility index (Phi) is 6.84. The van der Waals surface area contributed by atoms with Crippen molar-refractivity contribution in [2.24, 2.45) is 5.41 Å².